The second-order valence-corrected chi connectivity index (χ2v) is 8.71. The molecule has 8 heteroatoms. The van der Waals surface area contributed by atoms with E-state index < -0.39 is 0 Å². The topological polar surface area (TPSA) is 104 Å². The van der Waals surface area contributed by atoms with Crippen LogP contribution in [0.3, 0.4) is 0 Å². The van der Waals surface area contributed by atoms with E-state index in [0.717, 1.165) is 24.3 Å². The molecule has 0 radical (unpaired) electrons. The van der Waals surface area contributed by atoms with Gasteiger partial charge in [0.2, 0.25) is 5.91 Å². The molecule has 35 heavy (non-hydrogen) atoms. The number of nitrogens with one attached hydrogen (secondary N) is 3. The van der Waals surface area contributed by atoms with Gasteiger partial charge in [0.15, 0.2) is 0 Å². The highest BCUT2D eigenvalue weighted by Crippen LogP contribution is 2.22. The smallest absolute Gasteiger partial charge is 0.243 e. The fourth-order valence-corrected chi connectivity index (χ4v) is 4.12. The number of carbonyl (C=O) groups excluding carboxylic acids is 1. The van der Waals surface area contributed by atoms with E-state index in [4.69, 9.17) is 10.5 Å². The molecule has 4 rings (SSSR count). The van der Waals surface area contributed by atoms with Crippen LogP contribution in [0.15, 0.2) is 72.0 Å². The van der Waals surface area contributed by atoms with Crippen molar-refractivity contribution in [1.82, 2.24) is 5.32 Å². The summed E-state index contributed by atoms with van der Waals surface area (Å²) in [5, 5.41) is 9.23. The molecular formula is C27H34N6O2. The lowest BCUT2D eigenvalue weighted by Crippen LogP contribution is -2.48. The molecule has 0 aromatic heterocycles. The van der Waals surface area contributed by atoms with Crippen molar-refractivity contribution in [2.45, 2.75) is 25.3 Å². The number of aliphatic imine (C=N–C) groups is 1. The predicted octanol–water partition coefficient (Wildman–Crippen LogP) is 3.56. The fourth-order valence-electron chi connectivity index (χ4n) is 4.12. The second kappa shape index (κ2) is 12.2. The Kier molecular flexibility index (Phi) is 8.53. The maximum atomic E-state index is 12.3. The van der Waals surface area contributed by atoms with Crippen LogP contribution in [-0.2, 0) is 9.53 Å². The molecule has 184 valence electrons. The summed E-state index contributed by atoms with van der Waals surface area (Å²) >= 11 is 0. The number of carbonyl (C=O) groups is 1. The van der Waals surface area contributed by atoms with Crippen LogP contribution in [0.5, 0.6) is 0 Å². The number of amides is 1. The molecule has 2 aromatic carbocycles. The first kappa shape index (κ1) is 24.5. The zero-order valence-electron chi connectivity index (χ0n) is 20.0. The summed E-state index contributed by atoms with van der Waals surface area (Å²) in [4.78, 5) is 19.0. The molecule has 1 atom stereocenters. The van der Waals surface area contributed by atoms with Crippen molar-refractivity contribution < 1.29 is 9.53 Å². The zero-order valence-corrected chi connectivity index (χ0v) is 20.0. The molecule has 2 saturated heterocycles. The highest BCUT2D eigenvalue weighted by Gasteiger charge is 2.21. The van der Waals surface area contributed by atoms with E-state index >= 15 is 0 Å². The maximum absolute atomic E-state index is 12.3. The van der Waals surface area contributed by atoms with Gasteiger partial charge in [-0.3, -0.25) is 4.79 Å². The first-order valence-electron chi connectivity index (χ1n) is 12.1. The van der Waals surface area contributed by atoms with E-state index in [-0.39, 0.29) is 11.9 Å². The number of ether oxygens (including phenoxy) is 1. The summed E-state index contributed by atoms with van der Waals surface area (Å²) in [5.74, 6) is 0.415. The Morgan fingerprint density at radius 1 is 1.06 bits per heavy atom. The molecule has 2 heterocycles. The molecule has 0 saturated carbocycles. The van der Waals surface area contributed by atoms with Crippen LogP contribution in [0.2, 0.25) is 0 Å². The summed E-state index contributed by atoms with van der Waals surface area (Å²) in [7, 11) is 0. The molecule has 5 N–H and O–H groups in total. The minimum Gasteiger partial charge on any atom is -0.398 e. The summed E-state index contributed by atoms with van der Waals surface area (Å²) in [6.07, 6.45) is 7.19. The summed E-state index contributed by atoms with van der Waals surface area (Å²) < 4.78 is 5.33. The van der Waals surface area contributed by atoms with Crippen molar-refractivity contribution in [1.29, 1.82) is 0 Å². The molecule has 2 aromatic rings. The third kappa shape index (κ3) is 7.18. The first-order valence-corrected chi connectivity index (χ1v) is 12.1. The van der Waals surface area contributed by atoms with Gasteiger partial charge in [-0.2, -0.15) is 0 Å². The molecule has 2 aliphatic heterocycles. The van der Waals surface area contributed by atoms with Crippen LogP contribution in [0.1, 0.15) is 24.8 Å². The van der Waals surface area contributed by atoms with Crippen LogP contribution in [0.4, 0.5) is 17.1 Å². The number of benzene rings is 2. The van der Waals surface area contributed by atoms with Gasteiger partial charge in [0, 0.05) is 48.6 Å². The van der Waals surface area contributed by atoms with Crippen molar-refractivity contribution in [2.24, 2.45) is 10.7 Å². The number of anilines is 3. The van der Waals surface area contributed by atoms with Gasteiger partial charge in [0.05, 0.1) is 13.2 Å². The Balaban J connectivity index is 1.26. The largest absolute Gasteiger partial charge is 0.398 e. The Morgan fingerprint density at radius 3 is 2.43 bits per heavy atom. The third-order valence-electron chi connectivity index (χ3n) is 6.09. The van der Waals surface area contributed by atoms with E-state index in [1.54, 1.807) is 12.3 Å². The maximum Gasteiger partial charge on any atom is 0.243 e. The Hall–Kier alpha value is -3.62. The van der Waals surface area contributed by atoms with E-state index in [9.17, 15) is 4.79 Å². The van der Waals surface area contributed by atoms with Crippen molar-refractivity contribution in [3.8, 4) is 0 Å². The standard InChI is InChI=1S/C27H34N6O2/c1-20(31-22-9-11-24(12-10-22)33-16-3-2-4-17-33)29-14-13-25(28)21-5-7-23(8-6-21)32-27(34)26-19-35-18-15-30-26/h5-14,26,30-31H,1-4,15-19,28H2,(H,32,34)/b25-13-,29-14?. The van der Waals surface area contributed by atoms with Gasteiger partial charge in [-0.05, 0) is 67.3 Å². The number of hydrogen-bond donors (Lipinski definition) is 4. The van der Waals surface area contributed by atoms with E-state index in [1.807, 2.05) is 36.4 Å². The number of allylic oxidation sites excluding steroid dienone is 1. The molecular weight excluding hydrogens is 440 g/mol. The Labute approximate surface area is 206 Å². The SMILES string of the molecule is C=C(N=C/C=C(\N)c1ccc(NC(=O)C2COCCN2)cc1)Nc1ccc(N2CCCCC2)cc1. The molecule has 1 unspecified atom stereocenters. The van der Waals surface area contributed by atoms with Crippen LogP contribution >= 0.6 is 0 Å². The Morgan fingerprint density at radius 2 is 1.74 bits per heavy atom. The first-order chi connectivity index (χ1) is 17.1. The monoisotopic (exact) mass is 474 g/mol. The predicted molar refractivity (Wildman–Crippen MR) is 144 cm³/mol. The normalized spacial score (nSPS) is 18.9. The molecule has 2 aliphatic rings. The molecule has 2 fully saturated rings. The number of morpholine rings is 1. The van der Waals surface area contributed by atoms with Gasteiger partial charge in [0.1, 0.15) is 11.9 Å². The van der Waals surface area contributed by atoms with Gasteiger partial charge < -0.3 is 31.3 Å². The van der Waals surface area contributed by atoms with Crippen molar-refractivity contribution in [3.63, 3.8) is 0 Å². The number of nitrogens with two attached hydrogens (primary N) is 1. The highest BCUT2D eigenvalue weighted by atomic mass is 16.5. The van der Waals surface area contributed by atoms with Gasteiger partial charge in [0.25, 0.3) is 0 Å². The second-order valence-electron chi connectivity index (χ2n) is 8.71. The number of hydrogen-bond acceptors (Lipinski definition) is 7. The molecule has 0 spiro atoms. The minimum absolute atomic E-state index is 0.111. The van der Waals surface area contributed by atoms with Gasteiger partial charge in [-0.1, -0.05) is 18.7 Å². The quantitative estimate of drug-likeness (QED) is 0.436. The van der Waals surface area contributed by atoms with Crippen LogP contribution < -0.4 is 26.6 Å². The average Bonchev–Trinajstić information content (AvgIpc) is 2.90. The van der Waals surface area contributed by atoms with E-state index in [2.05, 4.69) is 44.6 Å². The Bertz CT molecular complexity index is 1050. The van der Waals surface area contributed by atoms with Gasteiger partial charge in [-0.15, -0.1) is 0 Å². The number of nitrogens with zero attached hydrogens (tertiary/aromatic N) is 2. The van der Waals surface area contributed by atoms with Crippen LogP contribution in [0.25, 0.3) is 5.70 Å². The van der Waals surface area contributed by atoms with E-state index in [1.165, 1.54) is 24.9 Å². The van der Waals surface area contributed by atoms with E-state index in [0.29, 0.717) is 37.0 Å². The molecule has 8 nitrogen and oxygen atoms in total. The lowest BCUT2D eigenvalue weighted by Gasteiger charge is -2.28. The van der Waals surface area contributed by atoms with Crippen molar-refractivity contribution in [3.05, 3.63) is 72.6 Å². The summed E-state index contributed by atoms with van der Waals surface area (Å²) in [6, 6.07) is 15.4. The van der Waals surface area contributed by atoms with Crippen LogP contribution in [0, 0.1) is 0 Å². The van der Waals surface area contributed by atoms with Gasteiger partial charge in [-0.25, -0.2) is 4.99 Å². The number of rotatable bonds is 8. The van der Waals surface area contributed by atoms with Crippen LogP contribution in [-0.4, -0.2) is 51.0 Å². The third-order valence-corrected chi connectivity index (χ3v) is 6.09. The average molecular weight is 475 g/mol. The van der Waals surface area contributed by atoms with Crippen molar-refractivity contribution in [2.75, 3.05) is 48.4 Å². The molecule has 1 amide bonds. The lowest BCUT2D eigenvalue weighted by atomic mass is 10.1. The zero-order chi connectivity index (χ0) is 24.5. The summed E-state index contributed by atoms with van der Waals surface area (Å²) in [6.45, 7) is 7.90. The number of piperidine rings is 1. The minimum atomic E-state index is -0.334. The fraction of sp³-hybridized carbons (Fsp3) is 0.333. The van der Waals surface area contributed by atoms with Gasteiger partial charge >= 0.3 is 0 Å². The molecule has 0 aliphatic carbocycles. The highest BCUT2D eigenvalue weighted by molar-refractivity contribution is 5.95. The summed E-state index contributed by atoms with van der Waals surface area (Å²) in [5.41, 5.74) is 10.5. The van der Waals surface area contributed by atoms with Crippen molar-refractivity contribution >= 4 is 34.9 Å². The lowest BCUT2D eigenvalue weighted by molar-refractivity contribution is -0.120. The molecule has 0 bridgehead atoms.